The molecule has 5 nitrogen and oxygen atoms in total. The van der Waals surface area contributed by atoms with Crippen molar-refractivity contribution >= 4 is 22.8 Å². The third-order valence-electron chi connectivity index (χ3n) is 4.75. The van der Waals surface area contributed by atoms with E-state index >= 15 is 0 Å². The van der Waals surface area contributed by atoms with Crippen LogP contribution in [0, 0.1) is 0 Å². The second kappa shape index (κ2) is 9.13. The predicted molar refractivity (Wildman–Crippen MR) is 109 cm³/mol. The number of hydrogen-bond donors (Lipinski definition) is 1. The van der Waals surface area contributed by atoms with Crippen molar-refractivity contribution < 1.29 is 14.3 Å². The van der Waals surface area contributed by atoms with E-state index in [1.54, 1.807) is 13.0 Å². The number of ether oxygens (including phenoxy) is 1. The molecule has 0 spiro atoms. The van der Waals surface area contributed by atoms with E-state index < -0.39 is 12.1 Å². The van der Waals surface area contributed by atoms with Gasteiger partial charge in [0, 0.05) is 17.8 Å². The zero-order valence-corrected chi connectivity index (χ0v) is 16.1. The van der Waals surface area contributed by atoms with E-state index in [-0.39, 0.29) is 17.5 Å². The topological polar surface area (TPSA) is 68.3 Å². The molecule has 0 saturated carbocycles. The minimum Gasteiger partial charge on any atom is -0.448 e. The zero-order chi connectivity index (χ0) is 19.9. The highest BCUT2D eigenvalue weighted by Gasteiger charge is 2.21. The fourth-order valence-electron chi connectivity index (χ4n) is 3.04. The van der Waals surface area contributed by atoms with Crippen molar-refractivity contribution in [2.45, 2.75) is 32.3 Å². The molecule has 0 aliphatic rings. The quantitative estimate of drug-likeness (QED) is 0.631. The number of esters is 1. The van der Waals surface area contributed by atoms with Crippen molar-refractivity contribution in [2.24, 2.45) is 0 Å². The molecule has 144 valence electrons. The molecule has 0 bridgehead atoms. The Morgan fingerprint density at radius 1 is 1.00 bits per heavy atom. The SMILES string of the molecule is CC[C@H](CNC(=O)[C@H](C)OC(=O)c1ccc2ccccc2n1)c1ccccc1. The normalized spacial score (nSPS) is 12.9. The van der Waals surface area contributed by atoms with Gasteiger partial charge < -0.3 is 10.1 Å². The number of rotatable bonds is 7. The molecule has 1 N–H and O–H groups in total. The van der Waals surface area contributed by atoms with Crippen molar-refractivity contribution in [1.82, 2.24) is 10.3 Å². The molecule has 1 heterocycles. The Hall–Kier alpha value is -3.21. The van der Waals surface area contributed by atoms with E-state index in [1.165, 1.54) is 5.56 Å². The highest BCUT2D eigenvalue weighted by Crippen LogP contribution is 2.18. The first kappa shape index (κ1) is 19.5. The van der Waals surface area contributed by atoms with Gasteiger partial charge >= 0.3 is 5.97 Å². The van der Waals surface area contributed by atoms with Crippen LogP contribution in [-0.2, 0) is 9.53 Å². The Morgan fingerprint density at radius 2 is 1.71 bits per heavy atom. The van der Waals surface area contributed by atoms with E-state index in [9.17, 15) is 9.59 Å². The number of para-hydroxylation sites is 1. The van der Waals surface area contributed by atoms with Gasteiger partial charge in [-0.15, -0.1) is 0 Å². The Balaban J connectivity index is 1.57. The van der Waals surface area contributed by atoms with Crippen LogP contribution in [0.4, 0.5) is 0 Å². The number of benzene rings is 2. The van der Waals surface area contributed by atoms with Crippen LogP contribution >= 0.6 is 0 Å². The number of nitrogens with one attached hydrogen (secondary N) is 1. The molecule has 5 heteroatoms. The van der Waals surface area contributed by atoms with Crippen LogP contribution in [0.2, 0.25) is 0 Å². The maximum absolute atomic E-state index is 12.4. The van der Waals surface area contributed by atoms with Crippen LogP contribution in [0.15, 0.2) is 66.7 Å². The second-order valence-corrected chi connectivity index (χ2v) is 6.70. The van der Waals surface area contributed by atoms with Crippen molar-refractivity contribution in [1.29, 1.82) is 0 Å². The number of amides is 1. The fourth-order valence-corrected chi connectivity index (χ4v) is 3.04. The maximum Gasteiger partial charge on any atom is 0.357 e. The van der Waals surface area contributed by atoms with Crippen LogP contribution in [0.25, 0.3) is 10.9 Å². The van der Waals surface area contributed by atoms with E-state index in [1.807, 2.05) is 48.5 Å². The summed E-state index contributed by atoms with van der Waals surface area (Å²) in [5.41, 5.74) is 2.08. The fraction of sp³-hybridized carbons (Fsp3) is 0.261. The third kappa shape index (κ3) is 4.74. The summed E-state index contributed by atoms with van der Waals surface area (Å²) in [6, 6.07) is 21.0. The molecule has 0 unspecified atom stereocenters. The van der Waals surface area contributed by atoms with Crippen molar-refractivity contribution in [2.75, 3.05) is 6.54 Å². The standard InChI is InChI=1S/C23H24N2O3/c1-3-17(18-9-5-4-6-10-18)15-24-22(26)16(2)28-23(27)21-14-13-19-11-7-8-12-20(19)25-21/h4-14,16-17H,3,15H2,1-2H3,(H,24,26)/t16-,17+/m0/s1. The summed E-state index contributed by atoms with van der Waals surface area (Å²) in [5.74, 6) is -0.706. The first-order chi connectivity index (χ1) is 13.6. The summed E-state index contributed by atoms with van der Waals surface area (Å²) < 4.78 is 5.31. The first-order valence-corrected chi connectivity index (χ1v) is 9.48. The lowest BCUT2D eigenvalue weighted by molar-refractivity contribution is -0.129. The lowest BCUT2D eigenvalue weighted by atomic mass is 9.96. The highest BCUT2D eigenvalue weighted by atomic mass is 16.5. The summed E-state index contributed by atoms with van der Waals surface area (Å²) in [6.07, 6.45) is 0.00786. The number of nitrogens with zero attached hydrogens (tertiary/aromatic N) is 1. The summed E-state index contributed by atoms with van der Waals surface area (Å²) in [7, 11) is 0. The molecule has 1 amide bonds. The summed E-state index contributed by atoms with van der Waals surface area (Å²) in [6.45, 7) is 4.14. The van der Waals surface area contributed by atoms with E-state index in [0.717, 1.165) is 11.8 Å². The Bertz CT molecular complexity index is 956. The smallest absolute Gasteiger partial charge is 0.357 e. The van der Waals surface area contributed by atoms with Gasteiger partial charge in [-0.25, -0.2) is 9.78 Å². The Kier molecular flexibility index (Phi) is 6.37. The zero-order valence-electron chi connectivity index (χ0n) is 16.1. The maximum atomic E-state index is 12.4. The van der Waals surface area contributed by atoms with Gasteiger partial charge in [-0.1, -0.05) is 61.5 Å². The average molecular weight is 376 g/mol. The summed E-state index contributed by atoms with van der Waals surface area (Å²) in [4.78, 5) is 29.0. The predicted octanol–water partition coefficient (Wildman–Crippen LogP) is 4.09. The Morgan fingerprint density at radius 3 is 2.46 bits per heavy atom. The summed E-state index contributed by atoms with van der Waals surface area (Å²) in [5, 5.41) is 3.82. The minimum atomic E-state index is -0.894. The number of carbonyl (C=O) groups is 2. The number of hydrogen-bond acceptors (Lipinski definition) is 4. The monoisotopic (exact) mass is 376 g/mol. The van der Waals surface area contributed by atoms with Crippen LogP contribution in [0.5, 0.6) is 0 Å². The third-order valence-corrected chi connectivity index (χ3v) is 4.75. The molecule has 3 rings (SSSR count). The van der Waals surface area contributed by atoms with Crippen LogP contribution in [-0.4, -0.2) is 29.5 Å². The van der Waals surface area contributed by atoms with Crippen LogP contribution in [0.3, 0.4) is 0 Å². The van der Waals surface area contributed by atoms with Crippen LogP contribution in [0.1, 0.15) is 42.2 Å². The molecule has 0 radical (unpaired) electrons. The molecule has 0 saturated heterocycles. The lowest BCUT2D eigenvalue weighted by Crippen LogP contribution is -2.38. The molecule has 3 aromatic rings. The number of carbonyl (C=O) groups excluding carboxylic acids is 2. The number of pyridine rings is 1. The lowest BCUT2D eigenvalue weighted by Gasteiger charge is -2.18. The van der Waals surface area contributed by atoms with Gasteiger partial charge in [0.15, 0.2) is 6.10 Å². The second-order valence-electron chi connectivity index (χ2n) is 6.70. The van der Waals surface area contributed by atoms with Gasteiger partial charge in [0.2, 0.25) is 0 Å². The van der Waals surface area contributed by atoms with E-state index in [0.29, 0.717) is 12.1 Å². The molecule has 2 atom stereocenters. The van der Waals surface area contributed by atoms with Gasteiger partial charge in [-0.3, -0.25) is 4.79 Å². The molecular formula is C23H24N2O3. The van der Waals surface area contributed by atoms with Crippen molar-refractivity contribution in [3.8, 4) is 0 Å². The van der Waals surface area contributed by atoms with Crippen molar-refractivity contribution in [3.05, 3.63) is 78.0 Å². The highest BCUT2D eigenvalue weighted by molar-refractivity contribution is 5.93. The average Bonchev–Trinajstić information content (AvgIpc) is 2.74. The Labute approximate surface area is 164 Å². The van der Waals surface area contributed by atoms with Crippen LogP contribution < -0.4 is 5.32 Å². The molecule has 0 aliphatic carbocycles. The molecule has 2 aromatic carbocycles. The first-order valence-electron chi connectivity index (χ1n) is 9.48. The molecule has 0 aliphatic heterocycles. The van der Waals surface area contributed by atoms with Gasteiger partial charge in [-0.05, 0) is 31.0 Å². The molecule has 0 fully saturated rings. The number of fused-ring (bicyclic) bond motifs is 1. The summed E-state index contributed by atoms with van der Waals surface area (Å²) >= 11 is 0. The largest absolute Gasteiger partial charge is 0.448 e. The van der Waals surface area contributed by atoms with E-state index in [2.05, 4.69) is 29.4 Å². The van der Waals surface area contributed by atoms with Gasteiger partial charge in [0.1, 0.15) is 5.69 Å². The molecule has 28 heavy (non-hydrogen) atoms. The van der Waals surface area contributed by atoms with Crippen molar-refractivity contribution in [3.63, 3.8) is 0 Å². The van der Waals surface area contributed by atoms with Gasteiger partial charge in [-0.2, -0.15) is 0 Å². The molecule has 1 aromatic heterocycles. The molecular weight excluding hydrogens is 352 g/mol. The minimum absolute atomic E-state index is 0.189. The van der Waals surface area contributed by atoms with Gasteiger partial charge in [0.25, 0.3) is 5.91 Å². The van der Waals surface area contributed by atoms with Gasteiger partial charge in [0.05, 0.1) is 5.52 Å². The number of aromatic nitrogens is 1. The van der Waals surface area contributed by atoms with E-state index in [4.69, 9.17) is 4.74 Å².